The molecule has 0 aliphatic carbocycles. The first-order chi connectivity index (χ1) is 17.5. The topological polar surface area (TPSA) is 65.5 Å². The van der Waals surface area contributed by atoms with Gasteiger partial charge in [0.1, 0.15) is 0 Å². The molecule has 1 saturated heterocycles. The van der Waals surface area contributed by atoms with Crippen LogP contribution in [-0.4, -0.2) is 35.7 Å². The van der Waals surface area contributed by atoms with E-state index in [4.69, 9.17) is 5.11 Å². The van der Waals surface area contributed by atoms with Gasteiger partial charge in [0.05, 0.1) is 11.9 Å². The molecule has 5 nitrogen and oxygen atoms in total. The Balaban J connectivity index is 1.34. The fourth-order valence-corrected chi connectivity index (χ4v) is 5.38. The van der Waals surface area contributed by atoms with Crippen molar-refractivity contribution in [1.82, 2.24) is 10.3 Å². The maximum atomic E-state index is 14.4. The number of carboxylic acid groups (broad SMARTS) is 1. The molecule has 2 N–H and O–H groups in total. The molecular formula is C30H30FN3O2. The quantitative estimate of drug-likeness (QED) is 0.336. The average molecular weight is 484 g/mol. The molecule has 6 heteroatoms. The molecule has 1 aliphatic rings. The van der Waals surface area contributed by atoms with Crippen molar-refractivity contribution in [2.45, 2.75) is 25.3 Å². The van der Waals surface area contributed by atoms with Gasteiger partial charge in [-0.05, 0) is 47.7 Å². The molecule has 5 rings (SSSR count). The maximum Gasteiger partial charge on any atom is 0.357 e. The summed E-state index contributed by atoms with van der Waals surface area (Å²) in [5.74, 6) is -1.51. The molecule has 0 saturated carbocycles. The lowest BCUT2D eigenvalue weighted by atomic mass is 9.80. The van der Waals surface area contributed by atoms with Crippen molar-refractivity contribution >= 4 is 22.4 Å². The Labute approximate surface area is 210 Å². The Morgan fingerprint density at radius 1 is 1.11 bits per heavy atom. The predicted octanol–water partition coefficient (Wildman–Crippen LogP) is 6.03. The van der Waals surface area contributed by atoms with Gasteiger partial charge >= 0.3 is 5.97 Å². The summed E-state index contributed by atoms with van der Waals surface area (Å²) in [5, 5.41) is 15.4. The van der Waals surface area contributed by atoms with E-state index in [2.05, 4.69) is 88.9 Å². The van der Waals surface area contributed by atoms with Gasteiger partial charge in [0.15, 0.2) is 11.5 Å². The lowest BCUT2D eigenvalue weighted by Gasteiger charge is -2.40. The molecule has 1 aromatic heterocycles. The standard InChI is InChI=1S/C30H30FN3O2/c1-20(25-13-7-11-21-10-5-6-12-26(21)25)32-17-23-14-15-34(19-27(23)22-8-3-2-4-9-22)24-16-28(31)29(30(35)36)33-18-24/h2-13,16,18,20,23,27,32H,14-15,17,19H2,1H3,(H,35,36)/t20-,23?,27?/m1/s1. The van der Waals surface area contributed by atoms with E-state index in [0.717, 1.165) is 19.5 Å². The minimum atomic E-state index is -1.36. The van der Waals surface area contributed by atoms with E-state index in [9.17, 15) is 9.18 Å². The van der Waals surface area contributed by atoms with Gasteiger partial charge in [-0.3, -0.25) is 0 Å². The Kier molecular flexibility index (Phi) is 6.96. The Hall–Kier alpha value is -3.77. The molecule has 1 aliphatic heterocycles. The molecule has 4 aromatic rings. The number of hydrogen-bond donors (Lipinski definition) is 2. The van der Waals surface area contributed by atoms with Gasteiger partial charge in [0.2, 0.25) is 0 Å². The number of piperidine rings is 1. The van der Waals surface area contributed by atoms with E-state index in [1.165, 1.54) is 34.2 Å². The van der Waals surface area contributed by atoms with Crippen LogP contribution in [-0.2, 0) is 0 Å². The molecule has 184 valence electrons. The number of aromatic carboxylic acids is 1. The summed E-state index contributed by atoms with van der Waals surface area (Å²) in [7, 11) is 0. The first-order valence-electron chi connectivity index (χ1n) is 12.4. The molecule has 0 amide bonds. The van der Waals surface area contributed by atoms with Crippen molar-refractivity contribution in [3.63, 3.8) is 0 Å². The summed E-state index contributed by atoms with van der Waals surface area (Å²) in [6.45, 7) is 4.55. The number of hydrogen-bond acceptors (Lipinski definition) is 4. The number of carbonyl (C=O) groups is 1. The van der Waals surface area contributed by atoms with E-state index >= 15 is 0 Å². The summed E-state index contributed by atoms with van der Waals surface area (Å²) in [6.07, 6.45) is 2.40. The van der Waals surface area contributed by atoms with Crippen molar-refractivity contribution in [2.75, 3.05) is 24.5 Å². The van der Waals surface area contributed by atoms with Crippen LogP contribution in [0.5, 0.6) is 0 Å². The molecule has 0 radical (unpaired) electrons. The van der Waals surface area contributed by atoms with Crippen molar-refractivity contribution in [3.05, 3.63) is 108 Å². The fourth-order valence-electron chi connectivity index (χ4n) is 5.38. The second-order valence-corrected chi connectivity index (χ2v) is 9.54. The second-order valence-electron chi connectivity index (χ2n) is 9.54. The zero-order valence-corrected chi connectivity index (χ0v) is 20.3. The molecule has 2 unspecified atom stereocenters. The van der Waals surface area contributed by atoms with Crippen LogP contribution >= 0.6 is 0 Å². The van der Waals surface area contributed by atoms with Crippen molar-refractivity contribution < 1.29 is 14.3 Å². The van der Waals surface area contributed by atoms with Crippen LogP contribution in [0, 0.1) is 11.7 Å². The highest BCUT2D eigenvalue weighted by Crippen LogP contribution is 2.35. The van der Waals surface area contributed by atoms with Gasteiger partial charge in [0, 0.05) is 31.1 Å². The third kappa shape index (κ3) is 4.95. The number of fused-ring (bicyclic) bond motifs is 1. The summed E-state index contributed by atoms with van der Waals surface area (Å²) in [4.78, 5) is 17.1. The summed E-state index contributed by atoms with van der Waals surface area (Å²) in [6, 6.07) is 26.9. The number of benzene rings is 3. The number of nitrogens with zero attached hydrogens (tertiary/aromatic N) is 2. The minimum absolute atomic E-state index is 0.201. The predicted molar refractivity (Wildman–Crippen MR) is 141 cm³/mol. The SMILES string of the molecule is C[C@@H](NCC1CCN(c2cnc(C(=O)O)c(F)c2)CC1c1ccccc1)c1cccc2ccccc12. The zero-order valence-electron chi connectivity index (χ0n) is 20.3. The van der Waals surface area contributed by atoms with Crippen LogP contribution < -0.4 is 10.2 Å². The molecule has 0 bridgehead atoms. The number of carboxylic acids is 1. The molecule has 2 heterocycles. The van der Waals surface area contributed by atoms with E-state index in [1.807, 2.05) is 6.07 Å². The zero-order chi connectivity index (χ0) is 25.1. The van der Waals surface area contributed by atoms with Gasteiger partial charge in [-0.1, -0.05) is 72.8 Å². The van der Waals surface area contributed by atoms with Crippen LogP contribution in [0.1, 0.15) is 46.9 Å². The lowest BCUT2D eigenvalue weighted by Crippen LogP contribution is -2.43. The molecule has 3 aromatic carbocycles. The summed E-state index contributed by atoms with van der Waals surface area (Å²) < 4.78 is 14.4. The highest BCUT2D eigenvalue weighted by Gasteiger charge is 2.31. The Morgan fingerprint density at radius 3 is 2.64 bits per heavy atom. The van der Waals surface area contributed by atoms with E-state index < -0.39 is 17.5 Å². The first-order valence-corrected chi connectivity index (χ1v) is 12.4. The van der Waals surface area contributed by atoms with Crippen molar-refractivity contribution in [2.24, 2.45) is 5.92 Å². The fraction of sp³-hybridized carbons (Fsp3) is 0.267. The van der Waals surface area contributed by atoms with Crippen molar-refractivity contribution in [1.29, 1.82) is 0 Å². The molecule has 0 spiro atoms. The van der Waals surface area contributed by atoms with Crippen molar-refractivity contribution in [3.8, 4) is 0 Å². The highest BCUT2D eigenvalue weighted by atomic mass is 19.1. The van der Waals surface area contributed by atoms with Crippen LogP contribution in [0.3, 0.4) is 0 Å². The summed E-state index contributed by atoms with van der Waals surface area (Å²) >= 11 is 0. The average Bonchev–Trinajstić information content (AvgIpc) is 2.91. The van der Waals surface area contributed by atoms with Gasteiger partial charge < -0.3 is 15.3 Å². The molecule has 3 atom stereocenters. The number of nitrogens with one attached hydrogen (secondary N) is 1. The maximum absolute atomic E-state index is 14.4. The monoisotopic (exact) mass is 483 g/mol. The Morgan fingerprint density at radius 2 is 1.86 bits per heavy atom. The Bertz CT molecular complexity index is 1360. The number of halogens is 1. The largest absolute Gasteiger partial charge is 0.476 e. The molecular weight excluding hydrogens is 453 g/mol. The van der Waals surface area contributed by atoms with E-state index in [1.54, 1.807) is 0 Å². The lowest BCUT2D eigenvalue weighted by molar-refractivity contribution is 0.0685. The first kappa shape index (κ1) is 23.9. The van der Waals surface area contributed by atoms with Gasteiger partial charge in [0.25, 0.3) is 0 Å². The van der Waals surface area contributed by atoms with E-state index in [0.29, 0.717) is 18.2 Å². The minimum Gasteiger partial charge on any atom is -0.476 e. The van der Waals surface area contributed by atoms with Crippen LogP contribution in [0.2, 0.25) is 0 Å². The van der Waals surface area contributed by atoms with Gasteiger partial charge in [-0.2, -0.15) is 0 Å². The van der Waals surface area contributed by atoms with Crippen LogP contribution in [0.15, 0.2) is 85.1 Å². The molecule has 36 heavy (non-hydrogen) atoms. The van der Waals surface area contributed by atoms with Crippen LogP contribution in [0.25, 0.3) is 10.8 Å². The number of aromatic nitrogens is 1. The second kappa shape index (κ2) is 10.5. The molecule has 1 fully saturated rings. The smallest absolute Gasteiger partial charge is 0.357 e. The third-order valence-corrected chi connectivity index (χ3v) is 7.35. The normalized spacial score (nSPS) is 18.8. The number of rotatable bonds is 7. The van der Waals surface area contributed by atoms with Gasteiger partial charge in [-0.25, -0.2) is 14.2 Å². The summed E-state index contributed by atoms with van der Waals surface area (Å²) in [5.41, 5.74) is 2.62. The highest BCUT2D eigenvalue weighted by molar-refractivity contribution is 5.86. The van der Waals surface area contributed by atoms with Crippen LogP contribution in [0.4, 0.5) is 10.1 Å². The van der Waals surface area contributed by atoms with Gasteiger partial charge in [-0.15, -0.1) is 0 Å². The number of pyridine rings is 1. The van der Waals surface area contributed by atoms with E-state index in [-0.39, 0.29) is 12.0 Å². The number of anilines is 1. The third-order valence-electron chi connectivity index (χ3n) is 7.35.